The van der Waals surface area contributed by atoms with Gasteiger partial charge >= 0.3 is 29.6 Å². The van der Waals surface area contributed by atoms with Gasteiger partial charge in [0.1, 0.15) is 11.9 Å². The molecule has 4 atom stereocenters. The topological polar surface area (TPSA) is 74.7 Å². The van der Waals surface area contributed by atoms with E-state index in [1.54, 1.807) is 20.2 Å². The largest absolute Gasteiger partial charge is 1.00 e. The molecule has 2 unspecified atom stereocenters. The van der Waals surface area contributed by atoms with Crippen LogP contribution in [0.3, 0.4) is 0 Å². The zero-order chi connectivity index (χ0) is 29.3. The van der Waals surface area contributed by atoms with Crippen molar-refractivity contribution in [3.05, 3.63) is 77.0 Å². The first-order valence-corrected chi connectivity index (χ1v) is 15.1. The second-order valence-electron chi connectivity index (χ2n) is 12.0. The monoisotopic (exact) mass is 578 g/mol. The summed E-state index contributed by atoms with van der Waals surface area (Å²) >= 11 is 0. The summed E-state index contributed by atoms with van der Waals surface area (Å²) in [4.78, 5) is 18.6. The van der Waals surface area contributed by atoms with Gasteiger partial charge in [-0.3, -0.25) is 4.90 Å². The Kier molecular flexibility index (Phi) is 10.8. The number of ether oxygens (including phenoxy) is 2. The van der Waals surface area contributed by atoms with E-state index < -0.39 is 11.9 Å². The molecule has 0 radical (unpaired) electrons. The van der Waals surface area contributed by atoms with Gasteiger partial charge in [-0.2, -0.15) is 0 Å². The number of hydrogen-bond donors (Lipinski definition) is 0. The maximum absolute atomic E-state index is 11.8. The molecule has 0 amide bonds. The van der Waals surface area contributed by atoms with Gasteiger partial charge in [0.2, 0.25) is 5.88 Å². The molecule has 0 N–H and O–H groups in total. The first kappa shape index (κ1) is 32.5. The fraction of sp³-hybridized carbons (Fsp3) is 0.486. The molecular weight excluding hydrogens is 535 g/mol. The van der Waals surface area contributed by atoms with Gasteiger partial charge in [-0.1, -0.05) is 38.1 Å². The Morgan fingerprint density at radius 3 is 2.48 bits per heavy atom. The van der Waals surface area contributed by atoms with Crippen LogP contribution in [0.15, 0.2) is 54.7 Å². The Hall–Kier alpha value is -2.38. The van der Waals surface area contributed by atoms with Gasteiger partial charge in [-0.05, 0) is 116 Å². The maximum atomic E-state index is 11.8. The Bertz CT molecular complexity index is 1390. The molecule has 0 spiro atoms. The van der Waals surface area contributed by atoms with E-state index in [4.69, 9.17) is 9.47 Å². The molecule has 0 saturated heterocycles. The van der Waals surface area contributed by atoms with Gasteiger partial charge in [0, 0.05) is 36.2 Å². The minimum absolute atomic E-state index is 0. The molecule has 1 saturated carbocycles. The molecule has 218 valence electrons. The van der Waals surface area contributed by atoms with E-state index in [0.717, 1.165) is 54.7 Å². The number of carbonyl (C=O) groups is 1. The van der Waals surface area contributed by atoms with Gasteiger partial charge in [0.25, 0.3) is 0 Å². The van der Waals surface area contributed by atoms with Crippen molar-refractivity contribution < 1.29 is 48.9 Å². The van der Waals surface area contributed by atoms with Gasteiger partial charge in [0.05, 0.1) is 7.11 Å². The smallest absolute Gasteiger partial charge is 0.550 e. The summed E-state index contributed by atoms with van der Waals surface area (Å²) in [5, 5.41) is 11.8. The summed E-state index contributed by atoms with van der Waals surface area (Å²) in [6, 6.07) is 17.7. The molecule has 42 heavy (non-hydrogen) atoms. The molecule has 2 aliphatic rings. The number of pyridine rings is 1. The van der Waals surface area contributed by atoms with Crippen molar-refractivity contribution in [3.63, 3.8) is 0 Å². The number of benzene rings is 2. The zero-order valence-corrected chi connectivity index (χ0v) is 28.2. The third kappa shape index (κ3) is 6.88. The second kappa shape index (κ2) is 13.9. The normalized spacial score (nSPS) is 18.4. The molecule has 1 aromatic heterocycles. The standard InChI is InChI=1S/C35H44N2O4.Na/c1-7-37(21(2)3)23(5)30-18-27(12-14-29(30)26-16-17-36-33(20-26)40-6)31-15-13-24-8-11-28(19-32(24)41-31)34(25-9-10-25)22(4)35(38)39;/h8,11-12,14,16-23,25,31,34H,7,9-10,13,15H2,1-6H3,(H,38,39);/q;+1/p-1/t22-,23?,31?,34-;/m0./s1. The van der Waals surface area contributed by atoms with Gasteiger partial charge < -0.3 is 19.4 Å². The first-order valence-electron chi connectivity index (χ1n) is 15.1. The predicted molar refractivity (Wildman–Crippen MR) is 160 cm³/mol. The summed E-state index contributed by atoms with van der Waals surface area (Å²) < 4.78 is 12.1. The Morgan fingerprint density at radius 2 is 1.83 bits per heavy atom. The van der Waals surface area contributed by atoms with Crippen LogP contribution in [0.5, 0.6) is 11.6 Å². The van der Waals surface area contributed by atoms with Crippen molar-refractivity contribution in [3.8, 4) is 22.8 Å². The number of carbonyl (C=O) groups excluding carboxylic acids is 1. The van der Waals surface area contributed by atoms with E-state index in [9.17, 15) is 9.90 Å². The molecule has 7 heteroatoms. The van der Waals surface area contributed by atoms with Crippen molar-refractivity contribution >= 4 is 5.97 Å². The maximum Gasteiger partial charge on any atom is 1.00 e. The quantitative estimate of drug-likeness (QED) is 0.325. The van der Waals surface area contributed by atoms with Crippen LogP contribution in [-0.4, -0.2) is 35.5 Å². The third-order valence-electron chi connectivity index (χ3n) is 9.14. The van der Waals surface area contributed by atoms with Gasteiger partial charge in [-0.15, -0.1) is 0 Å². The SMILES string of the molecule is CCN(C(C)C)C(C)c1cc(C2CCc3ccc([C@H](C4CC4)[C@H](C)C(=O)[O-])cc3O2)ccc1-c1ccnc(OC)c1.[Na+]. The summed E-state index contributed by atoms with van der Waals surface area (Å²) in [6.45, 7) is 11.7. The summed E-state index contributed by atoms with van der Waals surface area (Å²) in [7, 11) is 1.64. The number of nitrogens with zero attached hydrogens (tertiary/aromatic N) is 2. The molecule has 3 aromatic rings. The van der Waals surface area contributed by atoms with Crippen LogP contribution < -0.4 is 44.1 Å². The van der Waals surface area contributed by atoms with Crippen LogP contribution in [0.1, 0.15) is 94.2 Å². The van der Waals surface area contributed by atoms with E-state index in [1.165, 1.54) is 16.7 Å². The number of aromatic nitrogens is 1. The van der Waals surface area contributed by atoms with Gasteiger partial charge in [0.15, 0.2) is 0 Å². The first-order chi connectivity index (χ1) is 19.7. The number of fused-ring (bicyclic) bond motifs is 1. The second-order valence-corrected chi connectivity index (χ2v) is 12.0. The van der Waals surface area contributed by atoms with Crippen molar-refractivity contribution in [2.75, 3.05) is 13.7 Å². The van der Waals surface area contributed by atoms with E-state index in [-0.39, 0.29) is 47.6 Å². The zero-order valence-electron chi connectivity index (χ0n) is 26.2. The fourth-order valence-electron chi connectivity index (χ4n) is 6.74. The molecule has 1 aliphatic carbocycles. The summed E-state index contributed by atoms with van der Waals surface area (Å²) in [5.41, 5.74) is 6.91. The van der Waals surface area contributed by atoms with E-state index in [0.29, 0.717) is 17.8 Å². The molecule has 0 bridgehead atoms. The average molecular weight is 579 g/mol. The molecule has 2 aromatic carbocycles. The number of aliphatic carboxylic acids is 1. The number of hydrogen-bond acceptors (Lipinski definition) is 6. The van der Waals surface area contributed by atoms with Crippen molar-refractivity contribution in [2.45, 2.75) is 84.4 Å². The number of carboxylic acid groups (broad SMARTS) is 1. The van der Waals surface area contributed by atoms with Crippen molar-refractivity contribution in [2.24, 2.45) is 11.8 Å². The van der Waals surface area contributed by atoms with Crippen LogP contribution in [-0.2, 0) is 11.2 Å². The third-order valence-corrected chi connectivity index (χ3v) is 9.14. The Morgan fingerprint density at radius 1 is 1.07 bits per heavy atom. The fourth-order valence-corrected chi connectivity index (χ4v) is 6.74. The van der Waals surface area contributed by atoms with E-state index >= 15 is 0 Å². The number of carboxylic acids is 1. The molecule has 5 rings (SSSR count). The molecular formula is C35H43N2NaO4. The molecule has 1 aliphatic heterocycles. The molecule has 2 heterocycles. The van der Waals surface area contributed by atoms with Crippen molar-refractivity contribution in [1.29, 1.82) is 0 Å². The van der Waals surface area contributed by atoms with Crippen molar-refractivity contribution in [1.82, 2.24) is 9.88 Å². The molecule has 6 nitrogen and oxygen atoms in total. The predicted octanol–water partition coefficient (Wildman–Crippen LogP) is 3.50. The van der Waals surface area contributed by atoms with Gasteiger partial charge in [-0.25, -0.2) is 4.98 Å². The Labute approximate surface area is 273 Å². The van der Waals surface area contributed by atoms with Crippen LogP contribution >= 0.6 is 0 Å². The number of rotatable bonds is 11. The number of methoxy groups -OCH3 is 1. The van der Waals surface area contributed by atoms with Crippen LogP contribution in [0.25, 0.3) is 11.1 Å². The van der Waals surface area contributed by atoms with E-state index in [2.05, 4.69) is 74.0 Å². The minimum atomic E-state index is -0.977. The van der Waals surface area contributed by atoms with Crippen LogP contribution in [0.4, 0.5) is 0 Å². The summed E-state index contributed by atoms with van der Waals surface area (Å²) in [5.74, 6) is 0.354. The van der Waals surface area contributed by atoms with Crippen LogP contribution in [0, 0.1) is 11.8 Å². The molecule has 1 fully saturated rings. The Balaban J connectivity index is 0.00000405. The number of aryl methyl sites for hydroxylation is 1. The minimum Gasteiger partial charge on any atom is -0.550 e. The van der Waals surface area contributed by atoms with Crippen LogP contribution in [0.2, 0.25) is 0 Å². The average Bonchev–Trinajstić information content (AvgIpc) is 3.82. The summed E-state index contributed by atoms with van der Waals surface area (Å²) in [6.07, 6.45) is 5.69. The van der Waals surface area contributed by atoms with E-state index in [1.807, 2.05) is 12.1 Å².